The average molecular weight is 302 g/mol. The molecule has 0 unspecified atom stereocenters. The number of carbonyl (C=O) groups excluding carboxylic acids is 1. The lowest BCUT2D eigenvalue weighted by Gasteiger charge is -2.15. The Morgan fingerprint density at radius 3 is 2.43 bits per heavy atom. The maximum absolute atomic E-state index is 12.2. The molecule has 1 aromatic heterocycles. The molecule has 0 bridgehead atoms. The molecule has 1 aromatic carbocycles. The summed E-state index contributed by atoms with van der Waals surface area (Å²) >= 11 is 4.90. The van der Waals surface area contributed by atoms with Crippen LogP contribution < -0.4 is 5.73 Å². The number of nitrogens with zero attached hydrogens (tertiary/aromatic N) is 1. The second-order valence-corrected chi connectivity index (χ2v) is 5.44. The van der Waals surface area contributed by atoms with E-state index in [0.717, 1.165) is 22.6 Å². The Morgan fingerprint density at radius 1 is 1.24 bits per heavy atom. The van der Waals surface area contributed by atoms with Crippen molar-refractivity contribution in [1.82, 2.24) is 4.90 Å². The number of benzene rings is 1. The first-order valence-electron chi connectivity index (χ1n) is 6.63. The van der Waals surface area contributed by atoms with Gasteiger partial charge in [0.05, 0.1) is 13.0 Å². The number of amides is 1. The highest BCUT2D eigenvalue weighted by Crippen LogP contribution is 2.11. The van der Waals surface area contributed by atoms with E-state index in [4.69, 9.17) is 22.4 Å². The van der Waals surface area contributed by atoms with Gasteiger partial charge in [-0.25, -0.2) is 0 Å². The van der Waals surface area contributed by atoms with Crippen molar-refractivity contribution >= 4 is 23.1 Å². The minimum atomic E-state index is 0.0344. The maximum Gasteiger partial charge on any atom is 0.227 e. The average Bonchev–Trinajstić information content (AvgIpc) is 2.84. The number of likely N-dealkylation sites (N-methyl/N-ethyl adjacent to an activating group) is 1. The van der Waals surface area contributed by atoms with E-state index in [1.807, 2.05) is 43.3 Å². The summed E-state index contributed by atoms with van der Waals surface area (Å²) in [5, 5.41) is 0. The molecule has 0 saturated carbocycles. The predicted octanol–water partition coefficient (Wildman–Crippen LogP) is 2.42. The summed E-state index contributed by atoms with van der Waals surface area (Å²) in [5.41, 5.74) is 7.29. The molecule has 0 radical (unpaired) electrons. The number of hydrogen-bond donors (Lipinski definition) is 1. The number of hydrogen-bond acceptors (Lipinski definition) is 3. The van der Waals surface area contributed by atoms with Crippen molar-refractivity contribution < 1.29 is 9.21 Å². The van der Waals surface area contributed by atoms with Crippen molar-refractivity contribution in [3.05, 3.63) is 59.0 Å². The minimum absolute atomic E-state index is 0.0344. The largest absolute Gasteiger partial charge is 0.464 e. The van der Waals surface area contributed by atoms with Gasteiger partial charge < -0.3 is 15.1 Å². The van der Waals surface area contributed by atoms with Crippen LogP contribution in [0.1, 0.15) is 22.6 Å². The highest BCUT2D eigenvalue weighted by molar-refractivity contribution is 7.80. The lowest BCUT2D eigenvalue weighted by molar-refractivity contribution is -0.129. The van der Waals surface area contributed by atoms with E-state index in [1.165, 1.54) is 0 Å². The maximum atomic E-state index is 12.2. The van der Waals surface area contributed by atoms with Crippen LogP contribution in [-0.2, 0) is 17.8 Å². The predicted molar refractivity (Wildman–Crippen MR) is 86.0 cm³/mol. The zero-order chi connectivity index (χ0) is 15.4. The van der Waals surface area contributed by atoms with Crippen LogP contribution in [0.15, 0.2) is 40.8 Å². The van der Waals surface area contributed by atoms with Crippen LogP contribution in [0, 0.1) is 6.92 Å². The number of thiocarbonyl (C=S) groups is 1. The van der Waals surface area contributed by atoms with Gasteiger partial charge in [-0.2, -0.15) is 0 Å². The zero-order valence-corrected chi connectivity index (χ0v) is 12.9. The van der Waals surface area contributed by atoms with Crippen LogP contribution in [0.4, 0.5) is 0 Å². The third-order valence-electron chi connectivity index (χ3n) is 3.21. The summed E-state index contributed by atoms with van der Waals surface area (Å²) < 4.78 is 5.47. The van der Waals surface area contributed by atoms with Gasteiger partial charge in [-0.05, 0) is 24.6 Å². The highest BCUT2D eigenvalue weighted by atomic mass is 32.1. The molecule has 2 aromatic rings. The third kappa shape index (κ3) is 4.16. The SMILES string of the molecule is Cc1ccc(CN(C)C(=O)Cc2ccc(C(N)=S)cc2)o1. The molecule has 21 heavy (non-hydrogen) atoms. The van der Waals surface area contributed by atoms with Gasteiger partial charge in [0.15, 0.2) is 0 Å². The van der Waals surface area contributed by atoms with Crippen LogP contribution in [-0.4, -0.2) is 22.8 Å². The second-order valence-electron chi connectivity index (χ2n) is 5.00. The molecule has 0 aliphatic rings. The number of nitrogens with two attached hydrogens (primary N) is 1. The topological polar surface area (TPSA) is 59.5 Å². The van der Waals surface area contributed by atoms with E-state index >= 15 is 0 Å². The summed E-state index contributed by atoms with van der Waals surface area (Å²) in [5.74, 6) is 1.67. The van der Waals surface area contributed by atoms with E-state index in [9.17, 15) is 4.79 Å². The molecule has 0 spiro atoms. The van der Waals surface area contributed by atoms with Gasteiger partial charge in [0.2, 0.25) is 5.91 Å². The smallest absolute Gasteiger partial charge is 0.227 e. The van der Waals surface area contributed by atoms with Crippen molar-refractivity contribution in [2.45, 2.75) is 19.9 Å². The molecule has 5 heteroatoms. The van der Waals surface area contributed by atoms with E-state index in [2.05, 4.69) is 0 Å². The summed E-state index contributed by atoms with van der Waals surface area (Å²) in [6, 6.07) is 11.2. The molecule has 110 valence electrons. The Hall–Kier alpha value is -2.14. The van der Waals surface area contributed by atoms with Crippen LogP contribution in [0.5, 0.6) is 0 Å². The van der Waals surface area contributed by atoms with Crippen LogP contribution in [0.3, 0.4) is 0 Å². The molecule has 1 amide bonds. The summed E-state index contributed by atoms with van der Waals surface area (Å²) in [4.78, 5) is 14.2. The van der Waals surface area contributed by atoms with Crippen molar-refractivity contribution in [2.75, 3.05) is 7.05 Å². The zero-order valence-electron chi connectivity index (χ0n) is 12.1. The second kappa shape index (κ2) is 6.54. The number of rotatable bonds is 5. The molecule has 2 N–H and O–H groups in total. The quantitative estimate of drug-likeness (QED) is 0.862. The van der Waals surface area contributed by atoms with E-state index in [0.29, 0.717) is 18.0 Å². The Labute approximate surface area is 129 Å². The monoisotopic (exact) mass is 302 g/mol. The molecule has 0 fully saturated rings. The summed E-state index contributed by atoms with van der Waals surface area (Å²) in [7, 11) is 1.77. The molecule has 0 aliphatic heterocycles. The van der Waals surface area contributed by atoms with Gasteiger partial charge in [0.1, 0.15) is 16.5 Å². The van der Waals surface area contributed by atoms with Gasteiger partial charge in [-0.3, -0.25) is 4.79 Å². The fourth-order valence-corrected chi connectivity index (χ4v) is 2.12. The van der Waals surface area contributed by atoms with Crippen LogP contribution >= 0.6 is 12.2 Å². The highest BCUT2D eigenvalue weighted by Gasteiger charge is 2.12. The van der Waals surface area contributed by atoms with Crippen molar-refractivity contribution in [1.29, 1.82) is 0 Å². The van der Waals surface area contributed by atoms with Crippen molar-refractivity contribution in [3.8, 4) is 0 Å². The van der Waals surface area contributed by atoms with Crippen LogP contribution in [0.2, 0.25) is 0 Å². The fourth-order valence-electron chi connectivity index (χ4n) is 1.99. The molecular formula is C16H18N2O2S. The van der Waals surface area contributed by atoms with Crippen molar-refractivity contribution in [3.63, 3.8) is 0 Å². The fraction of sp³-hybridized carbons (Fsp3) is 0.250. The van der Waals surface area contributed by atoms with Crippen LogP contribution in [0.25, 0.3) is 0 Å². The van der Waals surface area contributed by atoms with Gasteiger partial charge in [0.25, 0.3) is 0 Å². The Morgan fingerprint density at radius 2 is 1.90 bits per heavy atom. The summed E-state index contributed by atoms with van der Waals surface area (Å²) in [6.07, 6.45) is 0.341. The normalized spacial score (nSPS) is 10.4. The molecular weight excluding hydrogens is 284 g/mol. The van der Waals surface area contributed by atoms with Gasteiger partial charge in [0, 0.05) is 12.6 Å². The lowest BCUT2D eigenvalue weighted by atomic mass is 10.1. The van der Waals surface area contributed by atoms with Gasteiger partial charge in [-0.15, -0.1) is 0 Å². The number of carbonyl (C=O) groups is 1. The summed E-state index contributed by atoms with van der Waals surface area (Å²) in [6.45, 7) is 2.35. The number of aryl methyl sites for hydroxylation is 1. The first kappa shape index (κ1) is 15.3. The first-order chi connectivity index (χ1) is 9.95. The molecule has 4 nitrogen and oxygen atoms in total. The Kier molecular flexibility index (Phi) is 4.75. The van der Waals surface area contributed by atoms with E-state index in [1.54, 1.807) is 11.9 Å². The minimum Gasteiger partial charge on any atom is -0.464 e. The van der Waals surface area contributed by atoms with E-state index in [-0.39, 0.29) is 5.91 Å². The van der Waals surface area contributed by atoms with E-state index < -0.39 is 0 Å². The lowest BCUT2D eigenvalue weighted by Crippen LogP contribution is -2.27. The number of furan rings is 1. The van der Waals surface area contributed by atoms with Gasteiger partial charge in [-0.1, -0.05) is 36.5 Å². The van der Waals surface area contributed by atoms with Gasteiger partial charge >= 0.3 is 0 Å². The Balaban J connectivity index is 1.95. The standard InChI is InChI=1S/C16H18N2O2S/c1-11-3-8-14(20-11)10-18(2)15(19)9-12-4-6-13(7-5-12)16(17)21/h3-8H,9-10H2,1-2H3,(H2,17,21). The molecule has 0 saturated heterocycles. The molecule has 0 atom stereocenters. The third-order valence-corrected chi connectivity index (χ3v) is 3.44. The molecule has 1 heterocycles. The Bertz CT molecular complexity index is 647. The molecule has 2 rings (SSSR count). The first-order valence-corrected chi connectivity index (χ1v) is 7.04. The van der Waals surface area contributed by atoms with Crippen molar-refractivity contribution in [2.24, 2.45) is 5.73 Å². The molecule has 0 aliphatic carbocycles.